The molecule has 1 aromatic heterocycles. The summed E-state index contributed by atoms with van der Waals surface area (Å²) in [6.45, 7) is 0. The van der Waals surface area contributed by atoms with E-state index >= 15 is 0 Å². The van der Waals surface area contributed by atoms with Crippen LogP contribution in [0.2, 0.25) is 0 Å². The molecule has 3 rings (SSSR count). The van der Waals surface area contributed by atoms with Gasteiger partial charge in [0.25, 0.3) is 0 Å². The Morgan fingerprint density at radius 1 is 0.947 bits per heavy atom. The first-order valence-electron chi connectivity index (χ1n) is 5.74. The molecule has 6 heteroatoms. The lowest BCUT2D eigenvalue weighted by atomic mass is 10.1. The molecular formula is C13H12N6. The van der Waals surface area contributed by atoms with E-state index in [-0.39, 0.29) is 5.82 Å². The Balaban J connectivity index is 1.97. The van der Waals surface area contributed by atoms with Crippen LogP contribution in [-0.2, 0) is 0 Å². The van der Waals surface area contributed by atoms with Crippen LogP contribution in [0.4, 0.5) is 23.0 Å². The average molecular weight is 252 g/mol. The van der Waals surface area contributed by atoms with Crippen LogP contribution in [0.3, 0.4) is 0 Å². The number of anilines is 2. The number of benzene rings is 2. The van der Waals surface area contributed by atoms with E-state index in [0.29, 0.717) is 11.5 Å². The standard InChI is InChI=1S/C13H12N6/c14-12-11(13(15)19-18-12)17-16-10-6-5-8-3-1-2-4-9(8)7-10/h1-7H,(H5,14,15,18,19)/b17-16+. The molecule has 3 aromatic rings. The van der Waals surface area contributed by atoms with E-state index in [1.165, 1.54) is 0 Å². The van der Waals surface area contributed by atoms with Gasteiger partial charge in [-0.05, 0) is 22.9 Å². The number of hydrogen-bond donors (Lipinski definition) is 3. The number of hydrogen-bond acceptors (Lipinski definition) is 5. The Kier molecular flexibility index (Phi) is 2.60. The maximum atomic E-state index is 5.64. The molecule has 0 aliphatic carbocycles. The number of nitrogen functional groups attached to an aromatic ring is 2. The summed E-state index contributed by atoms with van der Waals surface area (Å²) in [4.78, 5) is 0. The number of nitrogens with zero attached hydrogens (tertiary/aromatic N) is 3. The fourth-order valence-electron chi connectivity index (χ4n) is 1.82. The zero-order valence-corrected chi connectivity index (χ0v) is 10.0. The van der Waals surface area contributed by atoms with E-state index in [1.54, 1.807) is 0 Å². The van der Waals surface area contributed by atoms with Gasteiger partial charge in [0.1, 0.15) is 5.82 Å². The number of nitrogens with one attached hydrogen (secondary N) is 1. The predicted octanol–water partition coefficient (Wildman–Crippen LogP) is 3.14. The summed E-state index contributed by atoms with van der Waals surface area (Å²) < 4.78 is 0. The van der Waals surface area contributed by atoms with Crippen molar-refractivity contribution in [2.45, 2.75) is 0 Å². The first-order valence-corrected chi connectivity index (χ1v) is 5.74. The van der Waals surface area contributed by atoms with Crippen molar-refractivity contribution in [3.8, 4) is 0 Å². The summed E-state index contributed by atoms with van der Waals surface area (Å²) in [5, 5.41) is 16.7. The molecule has 1 heterocycles. The zero-order chi connectivity index (χ0) is 13.2. The van der Waals surface area contributed by atoms with E-state index in [0.717, 1.165) is 16.5 Å². The minimum atomic E-state index is 0.238. The lowest BCUT2D eigenvalue weighted by molar-refractivity contribution is 1.11. The monoisotopic (exact) mass is 252 g/mol. The van der Waals surface area contributed by atoms with Crippen LogP contribution in [0.25, 0.3) is 10.8 Å². The molecule has 0 spiro atoms. The number of H-pyrrole nitrogens is 1. The molecule has 94 valence electrons. The van der Waals surface area contributed by atoms with E-state index in [2.05, 4.69) is 20.4 Å². The Morgan fingerprint density at radius 2 is 1.74 bits per heavy atom. The number of aromatic amines is 1. The quantitative estimate of drug-likeness (QED) is 0.610. The number of aromatic nitrogens is 2. The molecule has 5 N–H and O–H groups in total. The summed E-state index contributed by atoms with van der Waals surface area (Å²) in [7, 11) is 0. The lowest BCUT2D eigenvalue weighted by Crippen LogP contribution is -1.84. The highest BCUT2D eigenvalue weighted by atomic mass is 15.2. The molecule has 0 atom stereocenters. The third kappa shape index (κ3) is 2.11. The maximum absolute atomic E-state index is 5.64. The normalized spacial score (nSPS) is 11.4. The minimum Gasteiger partial charge on any atom is -0.382 e. The van der Waals surface area contributed by atoms with Crippen molar-refractivity contribution in [3.05, 3.63) is 42.5 Å². The van der Waals surface area contributed by atoms with E-state index < -0.39 is 0 Å². The molecule has 0 aliphatic heterocycles. The SMILES string of the molecule is Nc1n[nH]c(N)c1/N=N/c1ccc2ccccc2c1. The summed E-state index contributed by atoms with van der Waals surface area (Å²) in [5.74, 6) is 0.545. The summed E-state index contributed by atoms with van der Waals surface area (Å²) in [6, 6.07) is 13.9. The molecule has 0 saturated carbocycles. The van der Waals surface area contributed by atoms with Crippen LogP contribution in [0.5, 0.6) is 0 Å². The topological polar surface area (TPSA) is 105 Å². The van der Waals surface area contributed by atoms with Crippen LogP contribution >= 0.6 is 0 Å². The van der Waals surface area contributed by atoms with Crippen LogP contribution in [0, 0.1) is 0 Å². The Morgan fingerprint density at radius 3 is 2.47 bits per heavy atom. The van der Waals surface area contributed by atoms with Crippen molar-refractivity contribution in [3.63, 3.8) is 0 Å². The average Bonchev–Trinajstić information content (AvgIpc) is 2.76. The van der Waals surface area contributed by atoms with Gasteiger partial charge in [0.05, 0.1) is 5.69 Å². The van der Waals surface area contributed by atoms with Gasteiger partial charge < -0.3 is 11.5 Å². The van der Waals surface area contributed by atoms with E-state index in [9.17, 15) is 0 Å². The van der Waals surface area contributed by atoms with Gasteiger partial charge in [-0.1, -0.05) is 30.3 Å². The van der Waals surface area contributed by atoms with Gasteiger partial charge >= 0.3 is 0 Å². The fourth-order valence-corrected chi connectivity index (χ4v) is 1.82. The third-order valence-electron chi connectivity index (χ3n) is 2.79. The highest BCUT2D eigenvalue weighted by Gasteiger charge is 2.06. The van der Waals surface area contributed by atoms with Crippen LogP contribution in [0.1, 0.15) is 0 Å². The summed E-state index contributed by atoms with van der Waals surface area (Å²) in [5.41, 5.74) is 12.4. The van der Waals surface area contributed by atoms with Gasteiger partial charge in [0.15, 0.2) is 11.5 Å². The molecule has 0 unspecified atom stereocenters. The first-order chi connectivity index (χ1) is 9.24. The second kappa shape index (κ2) is 4.41. The van der Waals surface area contributed by atoms with Crippen molar-refractivity contribution >= 4 is 33.8 Å². The van der Waals surface area contributed by atoms with Crippen molar-refractivity contribution in [1.29, 1.82) is 0 Å². The third-order valence-corrected chi connectivity index (χ3v) is 2.79. The van der Waals surface area contributed by atoms with Crippen LogP contribution in [0.15, 0.2) is 52.7 Å². The zero-order valence-electron chi connectivity index (χ0n) is 10.0. The highest BCUT2D eigenvalue weighted by molar-refractivity contribution is 5.85. The molecule has 19 heavy (non-hydrogen) atoms. The van der Waals surface area contributed by atoms with Crippen molar-refractivity contribution < 1.29 is 0 Å². The Hall–Kier alpha value is -2.89. The van der Waals surface area contributed by atoms with Crippen molar-refractivity contribution in [2.75, 3.05) is 11.5 Å². The maximum Gasteiger partial charge on any atom is 0.175 e. The predicted molar refractivity (Wildman–Crippen MR) is 75.5 cm³/mol. The largest absolute Gasteiger partial charge is 0.382 e. The molecule has 0 fully saturated rings. The molecular weight excluding hydrogens is 240 g/mol. The number of fused-ring (bicyclic) bond motifs is 1. The summed E-state index contributed by atoms with van der Waals surface area (Å²) >= 11 is 0. The van der Waals surface area contributed by atoms with Gasteiger partial charge in [-0.15, -0.1) is 5.11 Å². The Bertz CT molecular complexity index is 739. The second-order valence-electron chi connectivity index (χ2n) is 4.10. The lowest BCUT2D eigenvalue weighted by Gasteiger charge is -1.98. The molecule has 2 aromatic carbocycles. The van der Waals surface area contributed by atoms with Crippen molar-refractivity contribution in [2.24, 2.45) is 10.2 Å². The molecule has 0 bridgehead atoms. The molecule has 0 amide bonds. The van der Waals surface area contributed by atoms with Crippen LogP contribution < -0.4 is 11.5 Å². The van der Waals surface area contributed by atoms with Crippen molar-refractivity contribution in [1.82, 2.24) is 10.2 Å². The van der Waals surface area contributed by atoms with Gasteiger partial charge in [0.2, 0.25) is 0 Å². The van der Waals surface area contributed by atoms with E-state index in [1.807, 2.05) is 42.5 Å². The van der Waals surface area contributed by atoms with Gasteiger partial charge in [-0.3, -0.25) is 5.10 Å². The second-order valence-corrected chi connectivity index (χ2v) is 4.10. The molecule has 0 aliphatic rings. The fraction of sp³-hybridized carbons (Fsp3) is 0. The van der Waals surface area contributed by atoms with Gasteiger partial charge in [-0.25, -0.2) is 0 Å². The Labute approximate surface area is 109 Å². The number of azo groups is 1. The van der Waals surface area contributed by atoms with E-state index in [4.69, 9.17) is 11.5 Å². The number of rotatable bonds is 2. The minimum absolute atomic E-state index is 0.238. The van der Waals surface area contributed by atoms with Gasteiger partial charge in [-0.2, -0.15) is 10.2 Å². The van der Waals surface area contributed by atoms with Crippen LogP contribution in [-0.4, -0.2) is 10.2 Å². The molecule has 6 nitrogen and oxygen atoms in total. The molecule has 0 saturated heterocycles. The highest BCUT2D eigenvalue weighted by Crippen LogP contribution is 2.29. The number of nitrogens with two attached hydrogens (primary N) is 2. The first kappa shape index (κ1) is 11.2. The van der Waals surface area contributed by atoms with Gasteiger partial charge in [0, 0.05) is 0 Å². The smallest absolute Gasteiger partial charge is 0.175 e. The molecule has 0 radical (unpaired) electrons. The summed E-state index contributed by atoms with van der Waals surface area (Å²) in [6.07, 6.45) is 0.